The van der Waals surface area contributed by atoms with Gasteiger partial charge in [-0.1, -0.05) is 12.1 Å². The third-order valence-electron chi connectivity index (χ3n) is 3.94. The van der Waals surface area contributed by atoms with E-state index in [0.29, 0.717) is 17.2 Å². The molecule has 1 aromatic carbocycles. The third-order valence-corrected chi connectivity index (χ3v) is 3.94. The number of anilines is 3. The van der Waals surface area contributed by atoms with E-state index in [0.717, 1.165) is 16.2 Å². The summed E-state index contributed by atoms with van der Waals surface area (Å²) in [5.74, 6) is 1.33. The van der Waals surface area contributed by atoms with Crippen LogP contribution in [0.1, 0.15) is 19.4 Å². The molecule has 0 aliphatic heterocycles. The fourth-order valence-corrected chi connectivity index (χ4v) is 2.69. The van der Waals surface area contributed by atoms with E-state index in [9.17, 15) is 9.90 Å². The summed E-state index contributed by atoms with van der Waals surface area (Å²) >= 11 is 0. The van der Waals surface area contributed by atoms with Gasteiger partial charge in [0.15, 0.2) is 5.82 Å². The molecule has 2 N–H and O–H groups in total. The third kappa shape index (κ3) is 2.99. The number of carboxylic acid groups (broad SMARTS) is 1. The van der Waals surface area contributed by atoms with Crippen LogP contribution in [0.25, 0.3) is 5.65 Å². The number of nitrogens with zero attached hydrogens (tertiary/aromatic N) is 5. The minimum absolute atomic E-state index is 0.213. The van der Waals surface area contributed by atoms with Crippen molar-refractivity contribution in [2.45, 2.75) is 26.8 Å². The van der Waals surface area contributed by atoms with E-state index in [-0.39, 0.29) is 12.0 Å². The minimum Gasteiger partial charge on any atom is -0.495 e. The molecule has 2 heterocycles. The summed E-state index contributed by atoms with van der Waals surface area (Å²) in [5.41, 5.74) is 2.15. The predicted octanol–water partition coefficient (Wildman–Crippen LogP) is 3.08. The average Bonchev–Trinajstić information content (AvgIpc) is 3.01. The zero-order valence-electron chi connectivity index (χ0n) is 15.0. The smallest absolute Gasteiger partial charge is 0.414 e. The lowest BCUT2D eigenvalue weighted by Crippen LogP contribution is -2.37. The van der Waals surface area contributed by atoms with Crippen LogP contribution in [0.3, 0.4) is 0 Å². The number of hydrogen-bond donors (Lipinski definition) is 2. The molecule has 0 spiro atoms. The van der Waals surface area contributed by atoms with Gasteiger partial charge in [0.2, 0.25) is 11.6 Å². The van der Waals surface area contributed by atoms with Crippen molar-refractivity contribution in [3.8, 4) is 5.75 Å². The molecule has 0 saturated heterocycles. The van der Waals surface area contributed by atoms with Crippen LogP contribution in [0.15, 0.2) is 30.6 Å². The average molecular weight is 356 g/mol. The SMILES string of the molecule is COc1cccc(C)c1Nc1nccn2c(N(C(=O)O)C(C)C)nnc12. The Hall–Kier alpha value is -3.36. The maximum atomic E-state index is 11.6. The second-order valence-electron chi connectivity index (χ2n) is 5.99. The highest BCUT2D eigenvalue weighted by atomic mass is 16.5. The molecular formula is C17H20N6O3. The van der Waals surface area contributed by atoms with Crippen molar-refractivity contribution >= 4 is 29.2 Å². The van der Waals surface area contributed by atoms with Gasteiger partial charge in [0.25, 0.3) is 0 Å². The van der Waals surface area contributed by atoms with E-state index >= 15 is 0 Å². The number of carbonyl (C=O) groups is 1. The number of aromatic nitrogens is 4. The fraction of sp³-hybridized carbons (Fsp3) is 0.294. The molecular weight excluding hydrogens is 336 g/mol. The number of fused-ring (bicyclic) bond motifs is 1. The number of para-hydroxylation sites is 1. The van der Waals surface area contributed by atoms with Crippen molar-refractivity contribution in [3.05, 3.63) is 36.2 Å². The fourth-order valence-electron chi connectivity index (χ4n) is 2.69. The molecule has 3 aromatic rings. The molecule has 0 atom stereocenters. The Morgan fingerprint density at radius 1 is 1.35 bits per heavy atom. The van der Waals surface area contributed by atoms with Gasteiger partial charge < -0.3 is 15.2 Å². The maximum Gasteiger partial charge on any atom is 0.414 e. The molecule has 9 heteroatoms. The van der Waals surface area contributed by atoms with Crippen molar-refractivity contribution in [2.75, 3.05) is 17.3 Å². The molecule has 0 bridgehead atoms. The van der Waals surface area contributed by atoms with Gasteiger partial charge in [0, 0.05) is 18.4 Å². The number of rotatable bonds is 5. The number of benzene rings is 1. The van der Waals surface area contributed by atoms with Gasteiger partial charge in [-0.2, -0.15) is 0 Å². The number of hydrogen-bond acceptors (Lipinski definition) is 6. The summed E-state index contributed by atoms with van der Waals surface area (Å²) in [7, 11) is 1.59. The van der Waals surface area contributed by atoms with E-state index in [2.05, 4.69) is 20.5 Å². The first kappa shape index (κ1) is 17.5. The highest BCUT2D eigenvalue weighted by Gasteiger charge is 2.24. The van der Waals surface area contributed by atoms with Gasteiger partial charge in [-0.15, -0.1) is 10.2 Å². The Morgan fingerprint density at radius 3 is 2.77 bits per heavy atom. The maximum absolute atomic E-state index is 11.6. The van der Waals surface area contributed by atoms with Gasteiger partial charge in [-0.05, 0) is 32.4 Å². The molecule has 0 aliphatic carbocycles. The highest BCUT2D eigenvalue weighted by molar-refractivity contribution is 5.85. The van der Waals surface area contributed by atoms with E-state index in [1.807, 2.05) is 25.1 Å². The van der Waals surface area contributed by atoms with Crippen LogP contribution in [0.2, 0.25) is 0 Å². The molecule has 0 fully saturated rings. The summed E-state index contributed by atoms with van der Waals surface area (Å²) in [6.07, 6.45) is 2.09. The van der Waals surface area contributed by atoms with Crippen molar-refractivity contribution in [1.82, 2.24) is 19.6 Å². The molecule has 0 aliphatic rings. The number of ether oxygens (including phenoxy) is 1. The first-order valence-corrected chi connectivity index (χ1v) is 8.06. The number of aryl methyl sites for hydroxylation is 1. The summed E-state index contributed by atoms with van der Waals surface area (Å²) in [4.78, 5) is 17.1. The molecule has 26 heavy (non-hydrogen) atoms. The zero-order chi connectivity index (χ0) is 18.8. The van der Waals surface area contributed by atoms with E-state index in [1.165, 1.54) is 0 Å². The Labute approximate surface area is 150 Å². The molecule has 0 radical (unpaired) electrons. The Bertz CT molecular complexity index is 953. The van der Waals surface area contributed by atoms with Crippen molar-refractivity contribution < 1.29 is 14.6 Å². The quantitative estimate of drug-likeness (QED) is 0.724. The second kappa shape index (κ2) is 6.87. The van der Waals surface area contributed by atoms with Crippen LogP contribution < -0.4 is 15.0 Å². The standard InChI is InChI=1S/C17H20N6O3/c1-10(2)23(17(24)25)16-21-20-15-14(18-8-9-22(15)16)19-13-11(3)6-5-7-12(13)26-4/h5-10H,1-4H3,(H,18,19)(H,24,25). The first-order valence-electron chi connectivity index (χ1n) is 8.06. The topological polar surface area (TPSA) is 105 Å². The number of amides is 1. The summed E-state index contributed by atoms with van der Waals surface area (Å²) in [6, 6.07) is 5.40. The molecule has 0 unspecified atom stereocenters. The minimum atomic E-state index is -1.10. The largest absolute Gasteiger partial charge is 0.495 e. The van der Waals surface area contributed by atoms with Gasteiger partial charge in [0.05, 0.1) is 12.8 Å². The predicted molar refractivity (Wildman–Crippen MR) is 97.4 cm³/mol. The Balaban J connectivity index is 2.09. The number of nitrogens with one attached hydrogen (secondary N) is 1. The molecule has 0 saturated carbocycles. The lowest BCUT2D eigenvalue weighted by atomic mass is 10.2. The normalized spacial score (nSPS) is 11.0. The van der Waals surface area contributed by atoms with Crippen LogP contribution in [-0.2, 0) is 0 Å². The van der Waals surface area contributed by atoms with Crippen LogP contribution in [0.4, 0.5) is 22.2 Å². The summed E-state index contributed by atoms with van der Waals surface area (Å²) in [5, 5.41) is 20.9. The molecule has 136 valence electrons. The van der Waals surface area contributed by atoms with Crippen LogP contribution in [-0.4, -0.2) is 43.9 Å². The monoisotopic (exact) mass is 356 g/mol. The number of methoxy groups -OCH3 is 1. The molecule has 3 rings (SSSR count). The van der Waals surface area contributed by atoms with Gasteiger partial charge in [-0.3, -0.25) is 4.40 Å². The Kier molecular flexibility index (Phi) is 4.61. The Morgan fingerprint density at radius 2 is 2.12 bits per heavy atom. The highest BCUT2D eigenvalue weighted by Crippen LogP contribution is 2.31. The van der Waals surface area contributed by atoms with Gasteiger partial charge in [0.1, 0.15) is 5.75 Å². The zero-order valence-corrected chi connectivity index (χ0v) is 15.0. The van der Waals surface area contributed by atoms with Crippen LogP contribution >= 0.6 is 0 Å². The second-order valence-corrected chi connectivity index (χ2v) is 5.99. The van der Waals surface area contributed by atoms with E-state index in [1.54, 1.807) is 37.8 Å². The van der Waals surface area contributed by atoms with Crippen molar-refractivity contribution in [2.24, 2.45) is 0 Å². The molecule has 2 aromatic heterocycles. The van der Waals surface area contributed by atoms with Gasteiger partial charge in [-0.25, -0.2) is 14.7 Å². The lowest BCUT2D eigenvalue weighted by molar-refractivity contribution is 0.199. The summed E-state index contributed by atoms with van der Waals surface area (Å²) in [6.45, 7) is 5.49. The van der Waals surface area contributed by atoms with Crippen LogP contribution in [0.5, 0.6) is 5.75 Å². The molecule has 9 nitrogen and oxygen atoms in total. The van der Waals surface area contributed by atoms with E-state index in [4.69, 9.17) is 4.74 Å². The van der Waals surface area contributed by atoms with E-state index < -0.39 is 6.09 Å². The lowest BCUT2D eigenvalue weighted by Gasteiger charge is -2.20. The molecule has 1 amide bonds. The van der Waals surface area contributed by atoms with Crippen LogP contribution in [0, 0.1) is 6.92 Å². The first-order chi connectivity index (χ1) is 12.4. The van der Waals surface area contributed by atoms with Crippen molar-refractivity contribution in [1.29, 1.82) is 0 Å². The van der Waals surface area contributed by atoms with Gasteiger partial charge >= 0.3 is 6.09 Å². The summed E-state index contributed by atoms with van der Waals surface area (Å²) < 4.78 is 6.99. The van der Waals surface area contributed by atoms with Crippen molar-refractivity contribution in [3.63, 3.8) is 0 Å².